The van der Waals surface area contributed by atoms with E-state index < -0.39 is 36.0 Å². The molecule has 1 heterocycles. The van der Waals surface area contributed by atoms with Crippen LogP contribution in [0.5, 0.6) is 0 Å². The first kappa shape index (κ1) is 19.8. The van der Waals surface area contributed by atoms with Crippen molar-refractivity contribution < 1.29 is 18.8 Å². The summed E-state index contributed by atoms with van der Waals surface area (Å²) in [5.41, 5.74) is 0.535. The van der Waals surface area contributed by atoms with Crippen LogP contribution in [0.15, 0.2) is 24.3 Å². The first-order valence-corrected chi connectivity index (χ1v) is 8.72. The molecule has 0 aromatic heterocycles. The molecule has 138 valence electrons. The van der Waals surface area contributed by atoms with Crippen LogP contribution in [0.1, 0.15) is 65.5 Å². The van der Waals surface area contributed by atoms with Crippen molar-refractivity contribution in [3.63, 3.8) is 0 Å². The smallest absolute Gasteiger partial charge is 0.444 e. The van der Waals surface area contributed by atoms with Gasteiger partial charge >= 0.3 is 13.2 Å². The van der Waals surface area contributed by atoms with E-state index in [1.54, 1.807) is 0 Å². The largest absolute Gasteiger partial charge is 0.486 e. The molecule has 0 bridgehead atoms. The lowest BCUT2D eigenvalue weighted by Gasteiger charge is -2.32. The van der Waals surface area contributed by atoms with Crippen molar-refractivity contribution in [1.82, 2.24) is 5.32 Å². The van der Waals surface area contributed by atoms with E-state index in [1.165, 1.54) is 0 Å². The molecule has 0 aliphatic carbocycles. The number of nitrogens with one attached hydrogen (secondary N) is 1. The van der Waals surface area contributed by atoms with Gasteiger partial charge in [0.25, 0.3) is 0 Å². The molecule has 1 aliphatic heterocycles. The minimum atomic E-state index is -0.597. The van der Waals surface area contributed by atoms with Crippen molar-refractivity contribution in [2.45, 2.75) is 78.1 Å². The van der Waals surface area contributed by atoms with Crippen LogP contribution in [-0.2, 0) is 14.0 Å². The fraction of sp³-hybridized carbons (Fsp3) is 0.632. The van der Waals surface area contributed by atoms with Crippen molar-refractivity contribution in [2.75, 3.05) is 0 Å². The molecule has 0 spiro atoms. The second-order valence-corrected chi connectivity index (χ2v) is 8.66. The highest BCUT2D eigenvalue weighted by atomic mass is 16.7. The highest BCUT2D eigenvalue weighted by Gasteiger charge is 2.54. The summed E-state index contributed by atoms with van der Waals surface area (Å²) in [4.78, 5) is 12.3. The van der Waals surface area contributed by atoms with E-state index in [4.69, 9.17) is 14.0 Å². The number of aryl methyl sites for hydroxylation is 1. The minimum absolute atomic E-state index is 0.462. The predicted molar refractivity (Wildman–Crippen MR) is 99.4 cm³/mol. The number of carbonyl (C=O) groups is 1. The third-order valence-corrected chi connectivity index (χ3v) is 4.65. The van der Waals surface area contributed by atoms with Gasteiger partial charge in [-0.05, 0) is 61.0 Å². The van der Waals surface area contributed by atoms with Gasteiger partial charge < -0.3 is 19.4 Å². The van der Waals surface area contributed by atoms with E-state index in [-0.39, 0.29) is 0 Å². The average molecular weight is 347 g/mol. The van der Waals surface area contributed by atoms with Gasteiger partial charge in [-0.25, -0.2) is 4.79 Å². The first-order chi connectivity index (χ1) is 11.3. The monoisotopic (exact) mass is 347 g/mol. The SMILES string of the molecule is Cc1ccc([C@H](NC(=O)OC(C)(C)C)B2OC(C)(C)C(C)(C)O2)cc1. The minimum Gasteiger partial charge on any atom is -0.444 e. The average Bonchev–Trinajstić information content (AvgIpc) is 2.64. The van der Waals surface area contributed by atoms with Crippen LogP contribution in [-0.4, -0.2) is 30.0 Å². The van der Waals surface area contributed by atoms with E-state index >= 15 is 0 Å². The molecule has 25 heavy (non-hydrogen) atoms. The van der Waals surface area contributed by atoms with Crippen molar-refractivity contribution in [1.29, 1.82) is 0 Å². The highest BCUT2D eigenvalue weighted by Crippen LogP contribution is 2.40. The van der Waals surface area contributed by atoms with Crippen LogP contribution in [0, 0.1) is 6.92 Å². The van der Waals surface area contributed by atoms with Crippen LogP contribution >= 0.6 is 0 Å². The second kappa shape index (κ2) is 6.65. The van der Waals surface area contributed by atoms with Crippen molar-refractivity contribution in [3.05, 3.63) is 35.4 Å². The Labute approximate surface area is 151 Å². The number of ether oxygens (including phenoxy) is 1. The van der Waals surface area contributed by atoms with Gasteiger partial charge in [0.15, 0.2) is 0 Å². The fourth-order valence-corrected chi connectivity index (χ4v) is 2.54. The molecule has 1 amide bonds. The molecule has 1 aliphatic rings. The van der Waals surface area contributed by atoms with Crippen LogP contribution in [0.25, 0.3) is 0 Å². The molecular weight excluding hydrogens is 317 g/mol. The Kier molecular flexibility index (Phi) is 5.27. The van der Waals surface area contributed by atoms with Crippen LogP contribution in [0.3, 0.4) is 0 Å². The van der Waals surface area contributed by atoms with E-state index in [0.717, 1.165) is 11.1 Å². The summed E-state index contributed by atoms with van der Waals surface area (Å²) in [7, 11) is -0.597. The fourth-order valence-electron chi connectivity index (χ4n) is 2.54. The van der Waals surface area contributed by atoms with E-state index in [0.29, 0.717) is 0 Å². The number of hydrogen-bond acceptors (Lipinski definition) is 4. The zero-order valence-electron chi connectivity index (χ0n) is 16.6. The standard InChI is InChI=1S/C19H30BNO4/c1-13-9-11-14(12-10-13)15(21-16(22)23-17(2,3)4)20-24-18(5,6)19(7,8)25-20/h9-12,15H,1-8H3,(H,21,22)/t15-/m0/s1. The predicted octanol–water partition coefficient (Wildman–Crippen LogP) is 4.19. The lowest BCUT2D eigenvalue weighted by Crippen LogP contribution is -2.43. The van der Waals surface area contributed by atoms with E-state index in [1.807, 2.05) is 79.7 Å². The van der Waals surface area contributed by atoms with E-state index in [9.17, 15) is 4.79 Å². The summed E-state index contributed by atoms with van der Waals surface area (Å²) in [6.45, 7) is 15.5. The number of alkyl carbamates (subject to hydrolysis) is 1. The molecule has 0 saturated carbocycles. The zero-order valence-corrected chi connectivity index (χ0v) is 16.6. The molecule has 1 aromatic carbocycles. The quantitative estimate of drug-likeness (QED) is 0.833. The van der Waals surface area contributed by atoms with Crippen molar-refractivity contribution in [3.8, 4) is 0 Å². The van der Waals surface area contributed by atoms with Crippen LogP contribution in [0.2, 0.25) is 0 Å². The molecule has 1 atom stereocenters. The van der Waals surface area contributed by atoms with Gasteiger partial charge in [0.2, 0.25) is 0 Å². The molecule has 1 saturated heterocycles. The highest BCUT2D eigenvalue weighted by molar-refractivity contribution is 6.47. The lowest BCUT2D eigenvalue weighted by atomic mass is 9.74. The van der Waals surface area contributed by atoms with Crippen LogP contribution < -0.4 is 5.32 Å². The first-order valence-electron chi connectivity index (χ1n) is 8.72. The van der Waals surface area contributed by atoms with E-state index in [2.05, 4.69) is 5.32 Å². The zero-order chi connectivity index (χ0) is 19.0. The number of rotatable bonds is 3. The van der Waals surface area contributed by atoms with Crippen molar-refractivity contribution in [2.24, 2.45) is 0 Å². The third-order valence-electron chi connectivity index (χ3n) is 4.65. The number of carbonyl (C=O) groups excluding carboxylic acids is 1. The van der Waals surface area contributed by atoms with Gasteiger partial charge in [-0.15, -0.1) is 0 Å². The Morgan fingerprint density at radius 1 is 1.08 bits per heavy atom. The molecule has 1 N–H and O–H groups in total. The Bertz CT molecular complexity index is 603. The maximum Gasteiger partial charge on any atom is 0.486 e. The van der Waals surface area contributed by atoms with Gasteiger partial charge in [-0.2, -0.15) is 0 Å². The van der Waals surface area contributed by atoms with Gasteiger partial charge in [0, 0.05) is 0 Å². The summed E-state index contributed by atoms with van der Waals surface area (Å²) >= 11 is 0. The normalized spacial score (nSPS) is 20.2. The number of hydrogen-bond donors (Lipinski definition) is 1. The van der Waals surface area contributed by atoms with Crippen LogP contribution in [0.4, 0.5) is 4.79 Å². The summed E-state index contributed by atoms with van der Waals surface area (Å²) in [5.74, 6) is -0.462. The lowest BCUT2D eigenvalue weighted by molar-refractivity contribution is 0.00578. The molecule has 6 heteroatoms. The molecule has 1 aromatic rings. The molecule has 0 radical (unpaired) electrons. The third kappa shape index (κ3) is 4.76. The Balaban J connectivity index is 2.27. The van der Waals surface area contributed by atoms with Gasteiger partial charge in [0.05, 0.1) is 17.1 Å². The molecule has 0 unspecified atom stereocenters. The van der Waals surface area contributed by atoms with Crippen molar-refractivity contribution >= 4 is 13.2 Å². The maximum atomic E-state index is 12.3. The van der Waals surface area contributed by atoms with Gasteiger partial charge in [-0.3, -0.25) is 0 Å². The Morgan fingerprint density at radius 3 is 2.00 bits per heavy atom. The topological polar surface area (TPSA) is 56.8 Å². The molecule has 1 fully saturated rings. The van der Waals surface area contributed by atoms with Gasteiger partial charge in [0.1, 0.15) is 5.60 Å². The summed E-state index contributed by atoms with van der Waals surface area (Å²) in [6.07, 6.45) is -0.493. The summed E-state index contributed by atoms with van der Waals surface area (Å²) in [5, 5.41) is 2.92. The number of benzene rings is 1. The maximum absolute atomic E-state index is 12.3. The second-order valence-electron chi connectivity index (χ2n) is 8.66. The Morgan fingerprint density at radius 2 is 1.56 bits per heavy atom. The Hall–Kier alpha value is -1.53. The molecule has 2 rings (SSSR count). The summed E-state index contributed by atoms with van der Waals surface area (Å²) in [6, 6.07) is 7.96. The summed E-state index contributed by atoms with van der Waals surface area (Å²) < 4.78 is 17.7. The molecular formula is C19H30BNO4. The molecule has 5 nitrogen and oxygen atoms in total. The van der Waals surface area contributed by atoms with Gasteiger partial charge in [-0.1, -0.05) is 29.8 Å². The number of amides is 1.